The molecule has 0 saturated heterocycles. The number of nitrogens with one attached hydrogen (secondary N) is 2. The number of rotatable bonds is 9. The number of guanidine groups is 1. The van der Waals surface area contributed by atoms with Crippen LogP contribution in [0.15, 0.2) is 23.2 Å². The van der Waals surface area contributed by atoms with Crippen LogP contribution in [0.4, 0.5) is 8.78 Å². The van der Waals surface area contributed by atoms with Crippen molar-refractivity contribution in [1.82, 2.24) is 10.6 Å². The molecule has 6 heteroatoms. The van der Waals surface area contributed by atoms with E-state index in [-0.39, 0.29) is 17.5 Å². The van der Waals surface area contributed by atoms with Gasteiger partial charge in [-0.05, 0) is 45.2 Å². The maximum Gasteiger partial charge on any atom is 0.191 e. The number of hydrogen-bond acceptors (Lipinski definition) is 2. The maximum atomic E-state index is 13.8. The van der Waals surface area contributed by atoms with Crippen LogP contribution in [-0.2, 0) is 4.74 Å². The molecule has 4 nitrogen and oxygen atoms in total. The van der Waals surface area contributed by atoms with E-state index in [0.717, 1.165) is 32.6 Å². The van der Waals surface area contributed by atoms with Crippen LogP contribution in [0.2, 0.25) is 0 Å². The van der Waals surface area contributed by atoms with E-state index in [1.807, 2.05) is 13.8 Å². The third kappa shape index (κ3) is 5.44. The summed E-state index contributed by atoms with van der Waals surface area (Å²) < 4.78 is 32.9. The summed E-state index contributed by atoms with van der Waals surface area (Å²) >= 11 is 0. The molecule has 0 spiro atoms. The van der Waals surface area contributed by atoms with Gasteiger partial charge in [-0.3, -0.25) is 4.99 Å². The minimum Gasteiger partial charge on any atom is -0.382 e. The van der Waals surface area contributed by atoms with Gasteiger partial charge < -0.3 is 15.4 Å². The Morgan fingerprint density at radius 1 is 1.25 bits per heavy atom. The summed E-state index contributed by atoms with van der Waals surface area (Å²) in [6.45, 7) is 6.92. The lowest BCUT2D eigenvalue weighted by atomic mass is 10.1. The number of halogens is 2. The van der Waals surface area contributed by atoms with Crippen molar-refractivity contribution in [3.63, 3.8) is 0 Å². The standard InChI is InChI=1S/C18H27F2N3O/c1-3-21-18(22-10-5-6-11-24-4-2)23-16-12-13(16)17-14(19)8-7-9-15(17)20/h7-9,13,16H,3-6,10-12H2,1-2H3,(H2,21,22,23). The van der Waals surface area contributed by atoms with Crippen LogP contribution in [0, 0.1) is 11.6 Å². The molecule has 0 bridgehead atoms. The Morgan fingerprint density at radius 2 is 2.00 bits per heavy atom. The van der Waals surface area contributed by atoms with Crippen molar-refractivity contribution < 1.29 is 13.5 Å². The summed E-state index contributed by atoms with van der Waals surface area (Å²) in [6, 6.07) is 4.04. The third-order valence-corrected chi connectivity index (χ3v) is 4.00. The average molecular weight is 339 g/mol. The summed E-state index contributed by atoms with van der Waals surface area (Å²) in [4.78, 5) is 4.52. The maximum absolute atomic E-state index is 13.8. The summed E-state index contributed by atoms with van der Waals surface area (Å²) in [7, 11) is 0. The van der Waals surface area contributed by atoms with Gasteiger partial charge in [-0.25, -0.2) is 8.78 Å². The first-order chi connectivity index (χ1) is 11.7. The Hall–Kier alpha value is -1.69. The number of ether oxygens (including phenoxy) is 1. The lowest BCUT2D eigenvalue weighted by Crippen LogP contribution is -2.39. The van der Waals surface area contributed by atoms with Crippen molar-refractivity contribution >= 4 is 5.96 Å². The van der Waals surface area contributed by atoms with E-state index in [4.69, 9.17) is 4.74 Å². The van der Waals surface area contributed by atoms with Crippen LogP contribution in [0.25, 0.3) is 0 Å². The molecule has 24 heavy (non-hydrogen) atoms. The van der Waals surface area contributed by atoms with Crippen molar-refractivity contribution in [2.24, 2.45) is 4.99 Å². The lowest BCUT2D eigenvalue weighted by molar-refractivity contribution is 0.144. The smallest absolute Gasteiger partial charge is 0.191 e. The molecule has 0 amide bonds. The summed E-state index contributed by atoms with van der Waals surface area (Å²) in [5, 5.41) is 6.45. The highest BCUT2D eigenvalue weighted by atomic mass is 19.1. The molecule has 0 aromatic heterocycles. The van der Waals surface area contributed by atoms with Crippen LogP contribution in [-0.4, -0.2) is 38.3 Å². The number of hydrogen-bond donors (Lipinski definition) is 2. The van der Waals surface area contributed by atoms with Gasteiger partial charge in [-0.1, -0.05) is 6.07 Å². The van der Waals surface area contributed by atoms with Crippen LogP contribution in [0.5, 0.6) is 0 Å². The molecule has 1 aliphatic rings. The summed E-state index contributed by atoms with van der Waals surface area (Å²) in [5.74, 6) is -0.365. The molecular weight excluding hydrogens is 312 g/mol. The van der Waals surface area contributed by atoms with Gasteiger partial charge in [0, 0.05) is 43.8 Å². The number of aliphatic imine (C=N–C) groups is 1. The first kappa shape index (κ1) is 18.6. The van der Waals surface area contributed by atoms with Crippen LogP contribution >= 0.6 is 0 Å². The molecule has 1 fully saturated rings. The molecule has 1 aromatic carbocycles. The SMILES string of the molecule is CCNC(=NCCCCOCC)NC1CC1c1c(F)cccc1F. The molecule has 1 aromatic rings. The van der Waals surface area contributed by atoms with Crippen molar-refractivity contribution in [2.75, 3.05) is 26.3 Å². The number of unbranched alkanes of at least 4 members (excludes halogenated alkanes) is 1. The zero-order chi connectivity index (χ0) is 17.4. The number of benzene rings is 1. The van der Waals surface area contributed by atoms with E-state index in [1.54, 1.807) is 0 Å². The van der Waals surface area contributed by atoms with Gasteiger partial charge in [0.15, 0.2) is 5.96 Å². The normalized spacial score (nSPS) is 20.1. The van der Waals surface area contributed by atoms with Crippen LogP contribution in [0.3, 0.4) is 0 Å². The van der Waals surface area contributed by atoms with Gasteiger partial charge in [0.1, 0.15) is 11.6 Å². The lowest BCUT2D eigenvalue weighted by Gasteiger charge is -2.12. The Bertz CT molecular complexity index is 531. The van der Waals surface area contributed by atoms with Gasteiger partial charge in [0.25, 0.3) is 0 Å². The van der Waals surface area contributed by atoms with E-state index in [9.17, 15) is 8.78 Å². The monoisotopic (exact) mass is 339 g/mol. The Balaban J connectivity index is 1.83. The average Bonchev–Trinajstić information content (AvgIpc) is 3.29. The quantitative estimate of drug-likeness (QED) is 0.413. The van der Waals surface area contributed by atoms with Gasteiger partial charge >= 0.3 is 0 Å². The molecule has 0 radical (unpaired) electrons. The topological polar surface area (TPSA) is 45.7 Å². The number of nitrogens with zero attached hydrogens (tertiary/aromatic N) is 1. The van der Waals surface area contributed by atoms with Crippen molar-refractivity contribution in [2.45, 2.75) is 45.1 Å². The van der Waals surface area contributed by atoms with Crippen molar-refractivity contribution in [1.29, 1.82) is 0 Å². The van der Waals surface area contributed by atoms with E-state index in [2.05, 4.69) is 15.6 Å². The minimum absolute atomic E-state index is 0.0256. The van der Waals surface area contributed by atoms with Crippen molar-refractivity contribution in [3.8, 4) is 0 Å². The third-order valence-electron chi connectivity index (χ3n) is 4.00. The zero-order valence-corrected chi connectivity index (χ0v) is 14.4. The molecule has 0 aliphatic heterocycles. The Labute approximate surface area is 142 Å². The summed E-state index contributed by atoms with van der Waals surface area (Å²) in [6.07, 6.45) is 2.64. The predicted octanol–water partition coefficient (Wildman–Crippen LogP) is 3.19. The van der Waals surface area contributed by atoms with Gasteiger partial charge in [0.2, 0.25) is 0 Å². The highest BCUT2D eigenvalue weighted by molar-refractivity contribution is 5.80. The van der Waals surface area contributed by atoms with Gasteiger partial charge in [-0.2, -0.15) is 0 Å². The second kappa shape index (κ2) is 9.57. The molecule has 2 N–H and O–H groups in total. The van der Waals surface area contributed by atoms with Crippen LogP contribution in [0.1, 0.15) is 44.6 Å². The highest BCUT2D eigenvalue weighted by Gasteiger charge is 2.42. The fourth-order valence-electron chi connectivity index (χ4n) is 2.69. The fourth-order valence-corrected chi connectivity index (χ4v) is 2.69. The Kier molecular flexibility index (Phi) is 7.43. The molecule has 2 unspecified atom stereocenters. The molecule has 1 aliphatic carbocycles. The second-order valence-corrected chi connectivity index (χ2v) is 5.89. The highest BCUT2D eigenvalue weighted by Crippen LogP contribution is 2.42. The molecule has 0 heterocycles. The first-order valence-corrected chi connectivity index (χ1v) is 8.73. The molecule has 134 valence electrons. The second-order valence-electron chi connectivity index (χ2n) is 5.89. The van der Waals surface area contributed by atoms with E-state index in [1.165, 1.54) is 18.2 Å². The predicted molar refractivity (Wildman–Crippen MR) is 92.3 cm³/mol. The zero-order valence-electron chi connectivity index (χ0n) is 14.4. The van der Waals surface area contributed by atoms with E-state index >= 15 is 0 Å². The first-order valence-electron chi connectivity index (χ1n) is 8.73. The molecular formula is C18H27F2N3O. The molecule has 2 rings (SSSR count). The van der Waals surface area contributed by atoms with Crippen LogP contribution < -0.4 is 10.6 Å². The minimum atomic E-state index is -0.470. The molecule has 1 saturated carbocycles. The Morgan fingerprint density at radius 3 is 2.67 bits per heavy atom. The molecule has 2 atom stereocenters. The van der Waals surface area contributed by atoms with E-state index < -0.39 is 11.6 Å². The largest absolute Gasteiger partial charge is 0.382 e. The summed E-state index contributed by atoms with van der Waals surface area (Å²) in [5.41, 5.74) is 0.183. The van der Waals surface area contributed by atoms with Gasteiger partial charge in [-0.15, -0.1) is 0 Å². The fraction of sp³-hybridized carbons (Fsp3) is 0.611. The van der Waals surface area contributed by atoms with Crippen molar-refractivity contribution in [3.05, 3.63) is 35.4 Å². The van der Waals surface area contributed by atoms with E-state index in [0.29, 0.717) is 18.9 Å². The van der Waals surface area contributed by atoms with Gasteiger partial charge in [0.05, 0.1) is 0 Å².